The summed E-state index contributed by atoms with van der Waals surface area (Å²) in [5, 5.41) is 2.52. The fourth-order valence-corrected chi connectivity index (χ4v) is 4.36. The molecule has 0 unspecified atom stereocenters. The fraction of sp³-hybridized carbons (Fsp3) is 0.364. The third-order valence-electron chi connectivity index (χ3n) is 5.77. The van der Waals surface area contributed by atoms with Crippen LogP contribution in [-0.2, 0) is 9.53 Å². The Balaban J connectivity index is 1.49. The molecule has 4 rings (SSSR count). The van der Waals surface area contributed by atoms with E-state index < -0.39 is 17.7 Å². The number of ether oxygens (including phenoxy) is 1. The molecule has 0 atom stereocenters. The zero-order chi connectivity index (χ0) is 18.9. The molecule has 2 aliphatic carbocycles. The Labute approximate surface area is 157 Å². The Kier molecular flexibility index (Phi) is 4.68. The number of carbonyl (C=O) groups is 2. The van der Waals surface area contributed by atoms with Crippen LogP contribution in [0.4, 0.5) is 9.18 Å². The van der Waals surface area contributed by atoms with Crippen molar-refractivity contribution in [2.75, 3.05) is 6.61 Å². The Morgan fingerprint density at radius 1 is 0.963 bits per heavy atom. The molecule has 0 heterocycles. The molecule has 1 saturated carbocycles. The molecule has 1 fully saturated rings. The third-order valence-corrected chi connectivity index (χ3v) is 5.77. The molecule has 2 aromatic rings. The number of hydrogen-bond donors (Lipinski definition) is 1. The molecule has 0 aromatic heterocycles. The maximum Gasteiger partial charge on any atom is 0.408 e. The van der Waals surface area contributed by atoms with E-state index in [4.69, 9.17) is 4.74 Å². The second kappa shape index (κ2) is 7.14. The van der Waals surface area contributed by atoms with Gasteiger partial charge in [0.1, 0.15) is 12.1 Å². The number of fused-ring (bicyclic) bond motifs is 3. The number of alkyl carbamates (subject to hydrolysis) is 1. The standard InChI is InChI=1S/C22H22FNO3/c23-20(25)22(12-6-1-7-13-22)24-21(26)27-14-19-17-10-4-2-8-15(17)16-9-3-5-11-18(16)19/h2-5,8-11,19H,1,6-7,12-14H2,(H,24,26). The van der Waals surface area contributed by atoms with E-state index >= 15 is 0 Å². The van der Waals surface area contributed by atoms with E-state index in [1.807, 2.05) is 36.4 Å². The molecule has 140 valence electrons. The van der Waals surface area contributed by atoms with Crippen molar-refractivity contribution in [1.82, 2.24) is 5.32 Å². The Morgan fingerprint density at radius 3 is 2.07 bits per heavy atom. The van der Waals surface area contributed by atoms with Gasteiger partial charge in [-0.05, 0) is 35.1 Å². The van der Waals surface area contributed by atoms with Gasteiger partial charge in [-0.25, -0.2) is 4.79 Å². The first-order valence-electron chi connectivity index (χ1n) is 9.44. The van der Waals surface area contributed by atoms with Crippen LogP contribution in [0.25, 0.3) is 11.1 Å². The zero-order valence-electron chi connectivity index (χ0n) is 15.0. The topological polar surface area (TPSA) is 55.4 Å². The van der Waals surface area contributed by atoms with Gasteiger partial charge in [0.2, 0.25) is 0 Å². The SMILES string of the molecule is O=C(NC1(C(=O)F)CCCCC1)OCC1c2ccccc2-c2ccccc21. The molecule has 2 aliphatic rings. The highest BCUT2D eigenvalue weighted by Crippen LogP contribution is 2.44. The number of amides is 1. The van der Waals surface area contributed by atoms with Gasteiger partial charge in [-0.1, -0.05) is 67.8 Å². The van der Waals surface area contributed by atoms with E-state index in [1.165, 1.54) is 0 Å². The molecule has 27 heavy (non-hydrogen) atoms. The molecule has 0 bridgehead atoms. The van der Waals surface area contributed by atoms with E-state index in [-0.39, 0.29) is 12.5 Å². The van der Waals surface area contributed by atoms with Crippen molar-refractivity contribution < 1.29 is 18.7 Å². The number of halogens is 1. The van der Waals surface area contributed by atoms with Crippen LogP contribution in [0.3, 0.4) is 0 Å². The van der Waals surface area contributed by atoms with Gasteiger partial charge in [0.05, 0.1) is 0 Å². The molecule has 0 spiro atoms. The predicted molar refractivity (Wildman–Crippen MR) is 100 cm³/mol. The highest BCUT2D eigenvalue weighted by Gasteiger charge is 2.42. The van der Waals surface area contributed by atoms with E-state index in [0.717, 1.165) is 41.5 Å². The normalized spacial score (nSPS) is 17.7. The first-order valence-corrected chi connectivity index (χ1v) is 9.44. The lowest BCUT2D eigenvalue weighted by atomic mass is 9.82. The zero-order valence-corrected chi connectivity index (χ0v) is 15.0. The first-order chi connectivity index (χ1) is 13.1. The maximum absolute atomic E-state index is 13.6. The quantitative estimate of drug-likeness (QED) is 0.795. The number of nitrogens with one attached hydrogen (secondary N) is 1. The lowest BCUT2D eigenvalue weighted by molar-refractivity contribution is -0.137. The number of benzene rings is 2. The molecule has 0 aliphatic heterocycles. The molecular weight excluding hydrogens is 345 g/mol. The van der Waals surface area contributed by atoms with E-state index in [1.54, 1.807) is 0 Å². The summed E-state index contributed by atoms with van der Waals surface area (Å²) >= 11 is 0. The minimum Gasteiger partial charge on any atom is -0.449 e. The maximum atomic E-state index is 13.6. The molecule has 0 saturated heterocycles. The van der Waals surface area contributed by atoms with E-state index in [9.17, 15) is 14.0 Å². The minimum absolute atomic E-state index is 0.0634. The molecule has 0 radical (unpaired) electrons. The lowest BCUT2D eigenvalue weighted by Gasteiger charge is -2.33. The van der Waals surface area contributed by atoms with Crippen molar-refractivity contribution >= 4 is 12.1 Å². The molecule has 5 heteroatoms. The number of hydrogen-bond acceptors (Lipinski definition) is 3. The minimum atomic E-state index is -1.48. The van der Waals surface area contributed by atoms with Crippen LogP contribution in [-0.4, -0.2) is 24.3 Å². The van der Waals surface area contributed by atoms with Crippen molar-refractivity contribution in [2.24, 2.45) is 0 Å². The van der Waals surface area contributed by atoms with Crippen molar-refractivity contribution in [3.8, 4) is 11.1 Å². The summed E-state index contributed by atoms with van der Waals surface area (Å²) in [6, 6.07) is 14.6. The largest absolute Gasteiger partial charge is 0.449 e. The van der Waals surface area contributed by atoms with Gasteiger partial charge in [-0.3, -0.25) is 4.79 Å². The Morgan fingerprint density at radius 2 is 1.52 bits per heavy atom. The average Bonchev–Trinajstić information content (AvgIpc) is 3.01. The summed E-state index contributed by atoms with van der Waals surface area (Å²) in [6.07, 6.45) is 2.31. The summed E-state index contributed by atoms with van der Waals surface area (Å²) in [6.45, 7) is 0.149. The van der Waals surface area contributed by atoms with Gasteiger partial charge in [0.15, 0.2) is 0 Å². The highest BCUT2D eigenvalue weighted by atomic mass is 19.1. The van der Waals surface area contributed by atoms with Crippen LogP contribution in [0.5, 0.6) is 0 Å². The van der Waals surface area contributed by atoms with Gasteiger partial charge < -0.3 is 10.1 Å². The van der Waals surface area contributed by atoms with Crippen LogP contribution in [0.2, 0.25) is 0 Å². The molecule has 1 N–H and O–H groups in total. The molecular formula is C22H22FNO3. The monoisotopic (exact) mass is 367 g/mol. The summed E-state index contributed by atoms with van der Waals surface area (Å²) in [5.74, 6) is -0.0634. The first kappa shape index (κ1) is 17.7. The summed E-state index contributed by atoms with van der Waals surface area (Å²) in [7, 11) is 0. The second-order valence-electron chi connectivity index (χ2n) is 7.37. The van der Waals surface area contributed by atoms with Crippen LogP contribution in [0.1, 0.15) is 49.1 Å². The average molecular weight is 367 g/mol. The van der Waals surface area contributed by atoms with Crippen LogP contribution in [0.15, 0.2) is 48.5 Å². The molecule has 2 aromatic carbocycles. The van der Waals surface area contributed by atoms with Gasteiger partial charge in [0.25, 0.3) is 0 Å². The predicted octanol–water partition coefficient (Wildman–Crippen LogP) is 4.72. The Hall–Kier alpha value is -2.69. The summed E-state index contributed by atoms with van der Waals surface area (Å²) < 4.78 is 19.1. The smallest absolute Gasteiger partial charge is 0.408 e. The molecule has 1 amide bonds. The highest BCUT2D eigenvalue weighted by molar-refractivity contribution is 5.85. The van der Waals surface area contributed by atoms with E-state index in [0.29, 0.717) is 12.8 Å². The van der Waals surface area contributed by atoms with Gasteiger partial charge in [-0.15, -0.1) is 0 Å². The van der Waals surface area contributed by atoms with Crippen molar-refractivity contribution in [1.29, 1.82) is 0 Å². The van der Waals surface area contributed by atoms with Crippen molar-refractivity contribution in [3.05, 3.63) is 59.7 Å². The summed E-state index contributed by atoms with van der Waals surface area (Å²) in [5.41, 5.74) is 3.09. The molecule has 4 nitrogen and oxygen atoms in total. The van der Waals surface area contributed by atoms with Crippen molar-refractivity contribution in [2.45, 2.75) is 43.6 Å². The number of carbonyl (C=O) groups excluding carboxylic acids is 2. The van der Waals surface area contributed by atoms with Crippen LogP contribution in [0, 0.1) is 0 Å². The van der Waals surface area contributed by atoms with Gasteiger partial charge in [0, 0.05) is 5.92 Å². The summed E-state index contributed by atoms with van der Waals surface area (Å²) in [4.78, 5) is 23.9. The lowest BCUT2D eigenvalue weighted by Crippen LogP contribution is -2.54. The van der Waals surface area contributed by atoms with Gasteiger partial charge >= 0.3 is 12.1 Å². The van der Waals surface area contributed by atoms with E-state index in [2.05, 4.69) is 17.4 Å². The second-order valence-corrected chi connectivity index (χ2v) is 7.37. The Bertz CT molecular complexity index is 828. The van der Waals surface area contributed by atoms with Crippen LogP contribution < -0.4 is 5.32 Å². The third kappa shape index (κ3) is 3.22. The van der Waals surface area contributed by atoms with Crippen LogP contribution >= 0.6 is 0 Å². The van der Waals surface area contributed by atoms with Gasteiger partial charge in [-0.2, -0.15) is 4.39 Å². The fourth-order valence-electron chi connectivity index (χ4n) is 4.36. The van der Waals surface area contributed by atoms with Crippen molar-refractivity contribution in [3.63, 3.8) is 0 Å². The number of rotatable bonds is 4.